The van der Waals surface area contributed by atoms with E-state index in [4.69, 9.17) is 9.72 Å². The van der Waals surface area contributed by atoms with Gasteiger partial charge >= 0.3 is 0 Å². The first-order chi connectivity index (χ1) is 12.9. The predicted octanol–water partition coefficient (Wildman–Crippen LogP) is 2.28. The van der Waals surface area contributed by atoms with Crippen molar-refractivity contribution in [2.24, 2.45) is 0 Å². The molecule has 2 aliphatic heterocycles. The van der Waals surface area contributed by atoms with Gasteiger partial charge in [-0.05, 0) is 12.1 Å². The Morgan fingerprint density at radius 3 is 2.85 bits per heavy atom. The first-order valence-electron chi connectivity index (χ1n) is 9.29. The van der Waals surface area contributed by atoms with Crippen molar-refractivity contribution in [1.82, 2.24) is 19.4 Å². The topological polar surface area (TPSA) is 46.4 Å². The third-order valence-corrected chi connectivity index (χ3v) is 5.33. The van der Waals surface area contributed by atoms with Crippen molar-refractivity contribution < 1.29 is 4.74 Å². The molecule has 26 heavy (non-hydrogen) atoms. The number of nitrogens with zero attached hydrogens (tertiary/aromatic N) is 5. The maximum absolute atomic E-state index is 5.54. The second kappa shape index (κ2) is 6.70. The van der Waals surface area contributed by atoms with Gasteiger partial charge in [0.25, 0.3) is 0 Å². The number of rotatable bonds is 3. The van der Waals surface area contributed by atoms with Crippen LogP contribution in [0.3, 0.4) is 0 Å². The lowest BCUT2D eigenvalue weighted by Crippen LogP contribution is -2.38. The summed E-state index contributed by atoms with van der Waals surface area (Å²) < 4.78 is 7.79. The van der Waals surface area contributed by atoms with Crippen LogP contribution < -0.4 is 4.90 Å². The van der Waals surface area contributed by atoms with Crippen LogP contribution in [0.4, 0.5) is 5.82 Å². The molecule has 0 saturated carbocycles. The fourth-order valence-corrected chi connectivity index (χ4v) is 3.93. The highest BCUT2D eigenvalue weighted by Crippen LogP contribution is 2.27. The molecule has 3 aromatic rings. The van der Waals surface area contributed by atoms with E-state index < -0.39 is 0 Å². The zero-order valence-corrected chi connectivity index (χ0v) is 14.8. The Labute approximate surface area is 153 Å². The average Bonchev–Trinajstić information content (AvgIpc) is 3.16. The zero-order valence-electron chi connectivity index (χ0n) is 14.8. The number of para-hydroxylation sites is 1. The minimum absolute atomic E-state index is 0.775. The molecule has 0 aliphatic carbocycles. The Morgan fingerprint density at radius 1 is 1.04 bits per heavy atom. The standard InChI is InChI=1S/C20H23N5O/c1-2-4-19-16(3-1)11-17(20(22-19)24-7-9-26-10-8-24)13-23-5-6-25-15-21-12-18(25)14-23/h1-4,11-12,15H,5-10,13-14H2. The van der Waals surface area contributed by atoms with Crippen molar-refractivity contribution in [3.8, 4) is 0 Å². The highest BCUT2D eigenvalue weighted by atomic mass is 16.5. The number of benzene rings is 1. The Kier molecular flexibility index (Phi) is 4.07. The van der Waals surface area contributed by atoms with Gasteiger partial charge in [-0.2, -0.15) is 0 Å². The molecule has 1 aromatic carbocycles. The Bertz CT molecular complexity index is 915. The summed E-state index contributed by atoms with van der Waals surface area (Å²) in [5.74, 6) is 1.12. The molecule has 2 aliphatic rings. The van der Waals surface area contributed by atoms with Crippen molar-refractivity contribution in [2.75, 3.05) is 37.7 Å². The molecular weight excluding hydrogens is 326 g/mol. The zero-order chi connectivity index (χ0) is 17.3. The van der Waals surface area contributed by atoms with Crippen molar-refractivity contribution in [3.63, 3.8) is 0 Å². The number of hydrogen-bond donors (Lipinski definition) is 0. The molecule has 134 valence electrons. The molecule has 6 nitrogen and oxygen atoms in total. The van der Waals surface area contributed by atoms with Crippen LogP contribution >= 0.6 is 0 Å². The van der Waals surface area contributed by atoms with Gasteiger partial charge in [0.2, 0.25) is 0 Å². The number of hydrogen-bond acceptors (Lipinski definition) is 5. The van der Waals surface area contributed by atoms with E-state index in [2.05, 4.69) is 49.7 Å². The quantitative estimate of drug-likeness (QED) is 0.726. The normalized spacial score (nSPS) is 18.2. The molecule has 5 rings (SSSR count). The van der Waals surface area contributed by atoms with Crippen LogP contribution in [0.5, 0.6) is 0 Å². The summed E-state index contributed by atoms with van der Waals surface area (Å²) in [6, 6.07) is 10.7. The van der Waals surface area contributed by atoms with E-state index in [0.717, 1.165) is 63.8 Å². The molecule has 0 N–H and O–H groups in total. The fourth-order valence-electron chi connectivity index (χ4n) is 3.93. The summed E-state index contributed by atoms with van der Waals surface area (Å²) in [4.78, 5) is 14.2. The number of aromatic nitrogens is 3. The number of pyridine rings is 1. The Balaban J connectivity index is 1.48. The second-order valence-electron chi connectivity index (χ2n) is 7.05. The van der Waals surface area contributed by atoms with Crippen LogP contribution in [0.15, 0.2) is 42.9 Å². The minimum Gasteiger partial charge on any atom is -0.378 e. The van der Waals surface area contributed by atoms with Crippen LogP contribution in [0, 0.1) is 0 Å². The highest BCUT2D eigenvalue weighted by molar-refractivity contribution is 5.81. The number of morpholine rings is 1. The predicted molar refractivity (Wildman–Crippen MR) is 101 cm³/mol. The molecule has 0 atom stereocenters. The number of fused-ring (bicyclic) bond motifs is 2. The highest BCUT2D eigenvalue weighted by Gasteiger charge is 2.21. The van der Waals surface area contributed by atoms with E-state index in [1.807, 2.05) is 12.5 Å². The third kappa shape index (κ3) is 2.95. The van der Waals surface area contributed by atoms with Crippen LogP contribution in [0.2, 0.25) is 0 Å². The molecular formula is C20H23N5O. The number of imidazole rings is 1. The van der Waals surface area contributed by atoms with E-state index in [-0.39, 0.29) is 0 Å². The van der Waals surface area contributed by atoms with Crippen LogP contribution in [0.25, 0.3) is 10.9 Å². The first-order valence-corrected chi connectivity index (χ1v) is 9.29. The van der Waals surface area contributed by atoms with E-state index in [1.165, 1.54) is 16.6 Å². The third-order valence-electron chi connectivity index (χ3n) is 5.33. The summed E-state index contributed by atoms with van der Waals surface area (Å²) in [5.41, 5.74) is 3.66. The monoisotopic (exact) mass is 349 g/mol. The lowest BCUT2D eigenvalue weighted by atomic mass is 10.1. The van der Waals surface area contributed by atoms with E-state index in [9.17, 15) is 0 Å². The average molecular weight is 349 g/mol. The first kappa shape index (κ1) is 15.8. The molecule has 1 fully saturated rings. The minimum atomic E-state index is 0.775. The second-order valence-corrected chi connectivity index (χ2v) is 7.05. The molecule has 0 radical (unpaired) electrons. The lowest BCUT2D eigenvalue weighted by Gasteiger charge is -2.32. The molecule has 0 unspecified atom stereocenters. The fraction of sp³-hybridized carbons (Fsp3) is 0.400. The number of anilines is 1. The van der Waals surface area contributed by atoms with E-state index >= 15 is 0 Å². The van der Waals surface area contributed by atoms with Gasteiger partial charge in [0.05, 0.1) is 30.8 Å². The SMILES string of the molecule is c1ccc2nc(N3CCOCC3)c(CN3CCn4cncc4C3)cc2c1. The van der Waals surface area contributed by atoms with Gasteiger partial charge in [-0.3, -0.25) is 4.90 Å². The maximum atomic E-state index is 5.54. The Hall–Kier alpha value is -2.44. The van der Waals surface area contributed by atoms with E-state index in [0.29, 0.717) is 0 Å². The van der Waals surface area contributed by atoms with Crippen LogP contribution in [-0.4, -0.2) is 52.3 Å². The summed E-state index contributed by atoms with van der Waals surface area (Å²) >= 11 is 0. The van der Waals surface area contributed by atoms with Gasteiger partial charge < -0.3 is 14.2 Å². The van der Waals surface area contributed by atoms with E-state index in [1.54, 1.807) is 0 Å². The molecule has 6 heteroatoms. The van der Waals surface area contributed by atoms with Gasteiger partial charge in [-0.15, -0.1) is 0 Å². The van der Waals surface area contributed by atoms with Crippen molar-refractivity contribution in [3.05, 3.63) is 54.1 Å². The summed E-state index contributed by atoms with van der Waals surface area (Å²) in [6.45, 7) is 7.26. The summed E-state index contributed by atoms with van der Waals surface area (Å²) in [7, 11) is 0. The molecule has 0 bridgehead atoms. The molecule has 4 heterocycles. The van der Waals surface area contributed by atoms with Gasteiger partial charge in [0, 0.05) is 56.4 Å². The summed E-state index contributed by atoms with van der Waals surface area (Å²) in [6.07, 6.45) is 3.91. The van der Waals surface area contributed by atoms with Crippen LogP contribution in [-0.2, 0) is 24.4 Å². The van der Waals surface area contributed by atoms with Crippen molar-refractivity contribution >= 4 is 16.7 Å². The number of ether oxygens (including phenoxy) is 1. The molecule has 0 spiro atoms. The smallest absolute Gasteiger partial charge is 0.133 e. The van der Waals surface area contributed by atoms with Gasteiger partial charge in [-0.25, -0.2) is 9.97 Å². The molecule has 2 aromatic heterocycles. The molecule has 0 amide bonds. The Morgan fingerprint density at radius 2 is 1.92 bits per heavy atom. The van der Waals surface area contributed by atoms with Gasteiger partial charge in [0.1, 0.15) is 5.82 Å². The van der Waals surface area contributed by atoms with Gasteiger partial charge in [0.15, 0.2) is 0 Å². The van der Waals surface area contributed by atoms with Crippen LogP contribution in [0.1, 0.15) is 11.3 Å². The van der Waals surface area contributed by atoms with Gasteiger partial charge in [-0.1, -0.05) is 18.2 Å². The largest absolute Gasteiger partial charge is 0.378 e. The summed E-state index contributed by atoms with van der Waals surface area (Å²) in [5, 5.41) is 1.21. The molecule has 1 saturated heterocycles. The van der Waals surface area contributed by atoms with Crippen molar-refractivity contribution in [1.29, 1.82) is 0 Å². The maximum Gasteiger partial charge on any atom is 0.133 e. The lowest BCUT2D eigenvalue weighted by molar-refractivity contribution is 0.122. The van der Waals surface area contributed by atoms with Crippen molar-refractivity contribution in [2.45, 2.75) is 19.6 Å².